The summed E-state index contributed by atoms with van der Waals surface area (Å²) >= 11 is 0. The fraction of sp³-hybridized carbons (Fsp3) is 0.583. The largest absolute Gasteiger partial charge is 0.477 e. The van der Waals surface area contributed by atoms with E-state index >= 15 is 0 Å². The van der Waals surface area contributed by atoms with E-state index < -0.39 is 0 Å². The van der Waals surface area contributed by atoms with E-state index in [1.165, 1.54) is 12.8 Å². The van der Waals surface area contributed by atoms with Crippen LogP contribution in [0.4, 0.5) is 0 Å². The molecule has 0 spiro atoms. The number of nitrogens with zero attached hydrogens (tertiary/aromatic N) is 1. The van der Waals surface area contributed by atoms with Crippen LogP contribution < -0.4 is 0 Å². The molecule has 2 nitrogen and oxygen atoms in total. The van der Waals surface area contributed by atoms with Gasteiger partial charge in [-0.15, -0.1) is 0 Å². The maximum atomic E-state index is 5.40. The fourth-order valence-corrected chi connectivity index (χ4v) is 0.831. The van der Waals surface area contributed by atoms with Crippen LogP contribution in [-0.2, 0) is 4.74 Å². The Hall–Kier alpha value is -1.05. The van der Waals surface area contributed by atoms with E-state index in [1.54, 1.807) is 6.08 Å². The molecular weight excluding hydrogens is 174 g/mol. The molecule has 0 heterocycles. The third-order valence-corrected chi connectivity index (χ3v) is 1.69. The van der Waals surface area contributed by atoms with Crippen molar-refractivity contribution in [1.29, 1.82) is 0 Å². The number of aliphatic imine (C=N–C) groups is 1. The molecule has 1 fully saturated rings. The molecule has 2 heteroatoms. The van der Waals surface area contributed by atoms with E-state index in [0.717, 1.165) is 18.1 Å². The highest BCUT2D eigenvalue weighted by molar-refractivity contribution is 5.29. The minimum atomic E-state index is 0.592. The summed E-state index contributed by atoms with van der Waals surface area (Å²) in [5.41, 5.74) is 0.938. The Bertz CT molecular complexity index is 214. The van der Waals surface area contributed by atoms with Gasteiger partial charge in [0.05, 0.1) is 6.61 Å². The molecule has 0 aromatic carbocycles. The predicted molar refractivity (Wildman–Crippen MR) is 62.5 cm³/mol. The lowest BCUT2D eigenvalue weighted by molar-refractivity contribution is 0.197. The van der Waals surface area contributed by atoms with Gasteiger partial charge in [0.2, 0.25) is 5.88 Å². The molecular formula is C12H21NO. The van der Waals surface area contributed by atoms with Crippen molar-refractivity contribution >= 4 is 6.72 Å². The average Bonchev–Trinajstić information content (AvgIpc) is 2.98. The van der Waals surface area contributed by atoms with Crippen LogP contribution in [-0.4, -0.2) is 13.3 Å². The van der Waals surface area contributed by atoms with Gasteiger partial charge in [-0.3, -0.25) is 0 Å². The van der Waals surface area contributed by atoms with Gasteiger partial charge in [0.1, 0.15) is 0 Å². The summed E-state index contributed by atoms with van der Waals surface area (Å²) in [7, 11) is 0. The van der Waals surface area contributed by atoms with Crippen molar-refractivity contribution in [3.05, 3.63) is 24.1 Å². The van der Waals surface area contributed by atoms with Crippen LogP contribution >= 0.6 is 0 Å². The lowest BCUT2D eigenvalue weighted by Crippen LogP contribution is -1.94. The van der Waals surface area contributed by atoms with Gasteiger partial charge in [-0.25, -0.2) is 4.99 Å². The average molecular weight is 195 g/mol. The first-order chi connectivity index (χ1) is 6.72. The maximum Gasteiger partial charge on any atom is 0.212 e. The fourth-order valence-electron chi connectivity index (χ4n) is 0.831. The Morgan fingerprint density at radius 2 is 2.07 bits per heavy atom. The lowest BCUT2D eigenvalue weighted by Gasteiger charge is -2.03. The Kier molecular flexibility index (Phi) is 6.81. The van der Waals surface area contributed by atoms with E-state index in [-0.39, 0.29) is 0 Å². The standard InChI is InChI=1S/C10H15NO.C2H6/c1-8(2)6-10(11-3)12-7-9-4-5-9;1-2/h6,9H,1,3-5,7H2,2H3;1-2H3/b10-6+;. The first-order valence-corrected chi connectivity index (χ1v) is 5.19. The second-order valence-corrected chi connectivity index (χ2v) is 3.24. The summed E-state index contributed by atoms with van der Waals surface area (Å²) in [6.07, 6.45) is 4.38. The van der Waals surface area contributed by atoms with Crippen LogP contribution in [0.2, 0.25) is 0 Å². The zero-order valence-corrected chi connectivity index (χ0v) is 9.55. The van der Waals surface area contributed by atoms with E-state index in [4.69, 9.17) is 4.74 Å². The molecule has 0 aromatic heterocycles. The SMILES string of the molecule is C=N/C(=C\C(=C)C)OCC1CC1.CC. The molecule has 1 aliphatic rings. The highest BCUT2D eigenvalue weighted by Gasteiger charge is 2.22. The van der Waals surface area contributed by atoms with Crippen LogP contribution in [0.1, 0.15) is 33.6 Å². The van der Waals surface area contributed by atoms with Gasteiger partial charge in [0, 0.05) is 6.08 Å². The number of ether oxygens (including phenoxy) is 1. The van der Waals surface area contributed by atoms with Crippen molar-refractivity contribution in [1.82, 2.24) is 0 Å². The minimum absolute atomic E-state index is 0.592. The molecule has 0 bridgehead atoms. The number of hydrogen-bond acceptors (Lipinski definition) is 2. The quantitative estimate of drug-likeness (QED) is 0.373. The van der Waals surface area contributed by atoms with Crippen molar-refractivity contribution in [2.75, 3.05) is 6.61 Å². The van der Waals surface area contributed by atoms with Gasteiger partial charge in [0.15, 0.2) is 0 Å². The van der Waals surface area contributed by atoms with Gasteiger partial charge < -0.3 is 4.74 Å². The van der Waals surface area contributed by atoms with Crippen molar-refractivity contribution in [2.24, 2.45) is 10.9 Å². The van der Waals surface area contributed by atoms with Gasteiger partial charge in [0.25, 0.3) is 0 Å². The molecule has 1 aliphatic carbocycles. The van der Waals surface area contributed by atoms with Crippen molar-refractivity contribution in [2.45, 2.75) is 33.6 Å². The highest BCUT2D eigenvalue weighted by Crippen LogP contribution is 2.29. The monoisotopic (exact) mass is 195 g/mol. The van der Waals surface area contributed by atoms with Crippen LogP contribution in [0.15, 0.2) is 29.1 Å². The molecule has 0 saturated heterocycles. The van der Waals surface area contributed by atoms with Crippen molar-refractivity contribution < 1.29 is 4.74 Å². The molecule has 0 aliphatic heterocycles. The molecule has 80 valence electrons. The maximum absolute atomic E-state index is 5.40. The Balaban J connectivity index is 0.000000791. The molecule has 0 radical (unpaired) electrons. The molecule has 14 heavy (non-hydrogen) atoms. The summed E-state index contributed by atoms with van der Waals surface area (Å²) in [6, 6.07) is 0. The number of hydrogen-bond donors (Lipinski definition) is 0. The first kappa shape index (κ1) is 12.9. The summed E-state index contributed by atoms with van der Waals surface area (Å²) in [6.45, 7) is 13.9. The summed E-state index contributed by atoms with van der Waals surface area (Å²) in [5, 5.41) is 0. The van der Waals surface area contributed by atoms with E-state index in [1.807, 2.05) is 20.8 Å². The van der Waals surface area contributed by atoms with Gasteiger partial charge in [-0.2, -0.15) is 0 Å². The van der Waals surface area contributed by atoms with Gasteiger partial charge in [-0.05, 0) is 32.4 Å². The van der Waals surface area contributed by atoms with Crippen molar-refractivity contribution in [3.8, 4) is 0 Å². The number of allylic oxidation sites excluding steroid dienone is 2. The zero-order chi connectivity index (χ0) is 11.0. The normalized spacial score (nSPS) is 15.2. The molecule has 0 N–H and O–H groups in total. The van der Waals surface area contributed by atoms with E-state index in [9.17, 15) is 0 Å². The molecule has 1 rings (SSSR count). The van der Waals surface area contributed by atoms with Crippen molar-refractivity contribution in [3.63, 3.8) is 0 Å². The molecule has 0 atom stereocenters. The zero-order valence-electron chi connectivity index (χ0n) is 9.55. The van der Waals surface area contributed by atoms with Gasteiger partial charge >= 0.3 is 0 Å². The van der Waals surface area contributed by atoms with Crippen LogP contribution in [0.5, 0.6) is 0 Å². The second-order valence-electron chi connectivity index (χ2n) is 3.24. The molecule has 0 amide bonds. The Morgan fingerprint density at radius 1 is 1.50 bits per heavy atom. The first-order valence-electron chi connectivity index (χ1n) is 5.19. The smallest absolute Gasteiger partial charge is 0.212 e. The molecule has 0 unspecified atom stereocenters. The predicted octanol–water partition coefficient (Wildman–Crippen LogP) is 3.56. The van der Waals surface area contributed by atoms with Gasteiger partial charge in [-0.1, -0.05) is 26.0 Å². The van der Waals surface area contributed by atoms with E-state index in [2.05, 4.69) is 18.3 Å². The topological polar surface area (TPSA) is 21.6 Å². The van der Waals surface area contributed by atoms with Crippen LogP contribution in [0, 0.1) is 5.92 Å². The lowest BCUT2D eigenvalue weighted by atomic mass is 10.3. The summed E-state index contributed by atoms with van der Waals surface area (Å²) < 4.78 is 5.40. The van der Waals surface area contributed by atoms with E-state index in [0.29, 0.717) is 5.88 Å². The summed E-state index contributed by atoms with van der Waals surface area (Å²) in [5.74, 6) is 1.34. The molecule has 1 saturated carbocycles. The Labute approximate surface area is 87.4 Å². The Morgan fingerprint density at radius 3 is 2.43 bits per heavy atom. The highest BCUT2D eigenvalue weighted by atomic mass is 16.5. The number of rotatable bonds is 5. The molecule has 0 aromatic rings. The summed E-state index contributed by atoms with van der Waals surface area (Å²) in [4.78, 5) is 3.76. The van der Waals surface area contributed by atoms with Crippen LogP contribution in [0.25, 0.3) is 0 Å². The van der Waals surface area contributed by atoms with Crippen LogP contribution in [0.3, 0.4) is 0 Å². The third kappa shape index (κ3) is 6.46. The minimum Gasteiger partial charge on any atom is -0.477 e. The third-order valence-electron chi connectivity index (χ3n) is 1.69. The second kappa shape index (κ2) is 7.36.